The highest BCUT2D eigenvalue weighted by Gasteiger charge is 2.34. The summed E-state index contributed by atoms with van der Waals surface area (Å²) in [5.74, 6) is -2.16. The third kappa shape index (κ3) is 11.5. The number of hydrogen-bond donors (Lipinski definition) is 6. The van der Waals surface area contributed by atoms with Crippen LogP contribution in [0.2, 0.25) is 0 Å². The maximum Gasteiger partial charge on any atom is 0.475 e. The second-order valence-electron chi connectivity index (χ2n) is 9.10. The molecule has 0 aromatic heterocycles. The minimum absolute atomic E-state index is 0. The lowest BCUT2D eigenvalue weighted by Gasteiger charge is -2.32. The minimum atomic E-state index is -1.80. The zero-order valence-electron chi connectivity index (χ0n) is 21.7. The van der Waals surface area contributed by atoms with Crippen molar-refractivity contribution in [3.63, 3.8) is 0 Å². The van der Waals surface area contributed by atoms with Gasteiger partial charge in [0.25, 0.3) is 0 Å². The van der Waals surface area contributed by atoms with Crippen LogP contribution in [0, 0.1) is 0 Å². The molecule has 0 spiro atoms. The molecule has 0 unspecified atom stereocenters. The van der Waals surface area contributed by atoms with E-state index in [2.05, 4.69) is 20.6 Å². The molecular weight excluding hydrogens is 513 g/mol. The third-order valence-electron chi connectivity index (χ3n) is 6.18. The Hall–Kier alpha value is -3.16. The van der Waals surface area contributed by atoms with Crippen molar-refractivity contribution in [3.05, 3.63) is 35.9 Å². The van der Waals surface area contributed by atoms with E-state index in [1.165, 1.54) is 11.8 Å². The highest BCUT2D eigenvalue weighted by Crippen LogP contribution is 2.24. The van der Waals surface area contributed by atoms with Crippen molar-refractivity contribution in [2.45, 2.75) is 69.9 Å². The van der Waals surface area contributed by atoms with Gasteiger partial charge >= 0.3 is 7.12 Å². The van der Waals surface area contributed by atoms with E-state index in [-0.39, 0.29) is 55.7 Å². The number of carbonyl (C=O) groups is 3. The van der Waals surface area contributed by atoms with Gasteiger partial charge < -0.3 is 37.0 Å². The number of amides is 3. The van der Waals surface area contributed by atoms with E-state index >= 15 is 0 Å². The number of aliphatic imine (C=N–C) groups is 2. The lowest BCUT2D eigenvalue weighted by molar-refractivity contribution is -0.141. The molecule has 1 aliphatic carbocycles. The summed E-state index contributed by atoms with van der Waals surface area (Å²) in [5.41, 5.74) is 11.6. The Balaban J connectivity index is 0.00000722. The van der Waals surface area contributed by atoms with Crippen LogP contribution in [-0.2, 0) is 20.8 Å². The van der Waals surface area contributed by atoms with Gasteiger partial charge in [0.1, 0.15) is 6.04 Å². The molecule has 1 aromatic carbocycles. The maximum absolute atomic E-state index is 13.6. The van der Waals surface area contributed by atoms with Gasteiger partial charge in [0.2, 0.25) is 23.7 Å². The molecule has 1 saturated carbocycles. The first kappa shape index (κ1) is 32.9. The Bertz CT molecular complexity index is 945. The summed E-state index contributed by atoms with van der Waals surface area (Å²) >= 11 is 0. The van der Waals surface area contributed by atoms with Crippen LogP contribution in [0.4, 0.5) is 0 Å². The van der Waals surface area contributed by atoms with Gasteiger partial charge in [0, 0.05) is 25.9 Å². The number of benzene rings is 1. The van der Waals surface area contributed by atoms with Crippen molar-refractivity contribution in [2.24, 2.45) is 21.5 Å². The number of nitrogens with two attached hydrogens (primary N) is 2. The average molecular weight is 552 g/mol. The van der Waals surface area contributed by atoms with Crippen molar-refractivity contribution in [1.29, 1.82) is 0 Å². The fraction of sp³-hybridized carbons (Fsp3) is 0.542. The largest absolute Gasteiger partial charge is 0.475 e. The van der Waals surface area contributed by atoms with E-state index in [4.69, 9.17) is 11.5 Å². The lowest BCUT2D eigenvalue weighted by atomic mass is 9.76. The van der Waals surface area contributed by atoms with Gasteiger partial charge in [0.15, 0.2) is 0 Å². The number of carbonyl (C=O) groups excluding carboxylic acids is 3. The summed E-state index contributed by atoms with van der Waals surface area (Å²) < 4.78 is 0. The molecule has 0 radical (unpaired) electrons. The molecule has 12 nitrogen and oxygen atoms in total. The maximum atomic E-state index is 13.6. The molecular formula is C24H39BClN7O5. The number of nitrogens with zero attached hydrogens (tertiary/aromatic N) is 3. The van der Waals surface area contributed by atoms with Crippen molar-refractivity contribution in [3.8, 4) is 0 Å². The molecule has 38 heavy (non-hydrogen) atoms. The molecule has 0 saturated heterocycles. The van der Waals surface area contributed by atoms with Gasteiger partial charge in [-0.3, -0.25) is 19.4 Å². The normalized spacial score (nSPS) is 15.4. The predicted molar refractivity (Wildman–Crippen MR) is 149 cm³/mol. The monoisotopic (exact) mass is 551 g/mol. The Morgan fingerprint density at radius 2 is 1.84 bits per heavy atom. The zero-order chi connectivity index (χ0) is 27.2. The van der Waals surface area contributed by atoms with Crippen LogP contribution in [0.25, 0.3) is 0 Å². The van der Waals surface area contributed by atoms with Crippen molar-refractivity contribution >= 4 is 49.5 Å². The van der Waals surface area contributed by atoms with E-state index in [0.717, 1.165) is 37.6 Å². The van der Waals surface area contributed by atoms with Crippen molar-refractivity contribution in [1.82, 2.24) is 15.5 Å². The van der Waals surface area contributed by atoms with Crippen LogP contribution in [0.1, 0.15) is 51.0 Å². The van der Waals surface area contributed by atoms with Gasteiger partial charge in [-0.05, 0) is 31.2 Å². The molecule has 0 aliphatic heterocycles. The van der Waals surface area contributed by atoms with Crippen molar-refractivity contribution < 1.29 is 24.4 Å². The highest BCUT2D eigenvalue weighted by molar-refractivity contribution is 6.43. The standard InChI is InChI=1S/C24H38BN7O5.ClH/c1-17(33)30-20(14-18-8-3-2-4-9-18)23(35)32(19-10-5-6-11-19)15-22(34)31-21(25(36)37)12-7-13-28-24(27)29-16-26;/h2-4,8-9,16,19-21,36-37H,5-7,10-15H2,1H3,(H,30,33)(H,31,34)(H4,26,27,28,29);1H/t20-,21+;/m1./s1. The van der Waals surface area contributed by atoms with Crippen LogP contribution in [-0.4, -0.2) is 83.2 Å². The summed E-state index contributed by atoms with van der Waals surface area (Å²) in [7, 11) is -1.80. The zero-order valence-corrected chi connectivity index (χ0v) is 22.5. The molecule has 0 heterocycles. The lowest BCUT2D eigenvalue weighted by Crippen LogP contribution is -2.56. The Labute approximate surface area is 229 Å². The Morgan fingerprint density at radius 1 is 1.18 bits per heavy atom. The summed E-state index contributed by atoms with van der Waals surface area (Å²) in [6, 6.07) is 8.38. The molecule has 1 fully saturated rings. The fourth-order valence-corrected chi connectivity index (χ4v) is 4.42. The van der Waals surface area contributed by atoms with E-state index in [9.17, 15) is 24.4 Å². The van der Waals surface area contributed by atoms with E-state index in [1.54, 1.807) is 0 Å². The number of guanidine groups is 1. The summed E-state index contributed by atoms with van der Waals surface area (Å²) in [4.78, 5) is 47.6. The average Bonchev–Trinajstić information content (AvgIpc) is 3.39. The predicted octanol–water partition coefficient (Wildman–Crippen LogP) is -0.494. The highest BCUT2D eigenvalue weighted by atomic mass is 35.5. The molecule has 14 heteroatoms. The Kier molecular flexibility index (Phi) is 15.0. The molecule has 210 valence electrons. The summed E-state index contributed by atoms with van der Waals surface area (Å²) in [6.07, 6.45) is 5.32. The number of halogens is 1. The summed E-state index contributed by atoms with van der Waals surface area (Å²) in [5, 5.41) is 24.9. The first-order valence-corrected chi connectivity index (χ1v) is 12.5. The number of hydrogen-bond acceptors (Lipinski definition) is 6. The SMILES string of the molecule is CC(=O)N[C@H](Cc1ccccc1)C(=O)N(CC(=O)N[C@@H](CCCN=C(N)/N=C/N)B(O)O)C1CCCC1.Cl. The summed E-state index contributed by atoms with van der Waals surface area (Å²) in [6.45, 7) is 1.35. The molecule has 2 atom stereocenters. The molecule has 1 aliphatic rings. The molecule has 8 N–H and O–H groups in total. The van der Waals surface area contributed by atoms with E-state index in [1.807, 2.05) is 30.3 Å². The van der Waals surface area contributed by atoms with Gasteiger partial charge in [0.05, 0.1) is 18.8 Å². The van der Waals surface area contributed by atoms with Gasteiger partial charge in [-0.25, -0.2) is 4.99 Å². The molecule has 0 bridgehead atoms. The molecule has 2 rings (SSSR count). The Morgan fingerprint density at radius 3 is 2.42 bits per heavy atom. The minimum Gasteiger partial charge on any atom is -0.426 e. The van der Waals surface area contributed by atoms with Crippen LogP contribution in [0.3, 0.4) is 0 Å². The fourth-order valence-electron chi connectivity index (χ4n) is 4.42. The first-order chi connectivity index (χ1) is 17.7. The third-order valence-corrected chi connectivity index (χ3v) is 6.18. The van der Waals surface area contributed by atoms with E-state index in [0.29, 0.717) is 12.8 Å². The number of rotatable bonds is 13. The quantitative estimate of drug-likeness (QED) is 0.0822. The van der Waals surface area contributed by atoms with Crippen LogP contribution >= 0.6 is 12.4 Å². The molecule has 3 amide bonds. The van der Waals surface area contributed by atoms with Crippen LogP contribution < -0.4 is 22.1 Å². The van der Waals surface area contributed by atoms with Crippen LogP contribution in [0.15, 0.2) is 40.3 Å². The van der Waals surface area contributed by atoms with Crippen LogP contribution in [0.5, 0.6) is 0 Å². The topological polar surface area (TPSA) is 196 Å². The van der Waals surface area contributed by atoms with Gasteiger partial charge in [-0.2, -0.15) is 0 Å². The van der Waals surface area contributed by atoms with Gasteiger partial charge in [-0.1, -0.05) is 43.2 Å². The molecule has 1 aromatic rings. The second kappa shape index (κ2) is 17.4. The smallest absolute Gasteiger partial charge is 0.426 e. The second-order valence-corrected chi connectivity index (χ2v) is 9.10. The first-order valence-electron chi connectivity index (χ1n) is 12.5. The number of nitrogens with one attached hydrogen (secondary N) is 2. The van der Waals surface area contributed by atoms with Crippen molar-refractivity contribution in [2.75, 3.05) is 13.1 Å². The van der Waals surface area contributed by atoms with E-state index < -0.39 is 25.0 Å². The van der Waals surface area contributed by atoms with Gasteiger partial charge in [-0.15, -0.1) is 12.4 Å².